The van der Waals surface area contributed by atoms with Crippen LogP contribution in [-0.4, -0.2) is 18.2 Å². The number of benzene rings is 1. The average Bonchev–Trinajstić information content (AvgIpc) is 2.48. The minimum Gasteiger partial charge on any atom is -0.352 e. The molecule has 1 aromatic rings. The molecule has 0 aliphatic heterocycles. The van der Waals surface area contributed by atoms with Gasteiger partial charge in [0.25, 0.3) is 5.91 Å². The van der Waals surface area contributed by atoms with Gasteiger partial charge in [0.15, 0.2) is 5.78 Å². The number of nitrogens with one attached hydrogen (secondary N) is 1. The fraction of sp³-hybridized carbons (Fsp3) is 0.529. The van der Waals surface area contributed by atoms with E-state index < -0.39 is 0 Å². The molecule has 1 N–H and O–H groups in total. The molecular formula is C17H23NO2. The van der Waals surface area contributed by atoms with Crippen LogP contribution >= 0.6 is 0 Å². The zero-order valence-electron chi connectivity index (χ0n) is 12.2. The van der Waals surface area contributed by atoms with Gasteiger partial charge in [-0.15, -0.1) is 0 Å². The van der Waals surface area contributed by atoms with Crippen LogP contribution in [0.15, 0.2) is 24.3 Å². The second-order valence-electron chi connectivity index (χ2n) is 5.68. The lowest BCUT2D eigenvalue weighted by Gasteiger charge is -2.21. The van der Waals surface area contributed by atoms with Crippen LogP contribution in [0.4, 0.5) is 0 Å². The number of carbonyl (C=O) groups excluding carboxylic acids is 2. The largest absolute Gasteiger partial charge is 0.352 e. The van der Waals surface area contributed by atoms with E-state index in [1.807, 2.05) is 0 Å². The van der Waals surface area contributed by atoms with E-state index >= 15 is 0 Å². The van der Waals surface area contributed by atoms with Crippen LogP contribution in [0.25, 0.3) is 0 Å². The lowest BCUT2D eigenvalue weighted by molar-refractivity contribution is 0.0948. The maximum absolute atomic E-state index is 12.0. The molecule has 2 rings (SSSR count). The molecule has 0 aromatic heterocycles. The topological polar surface area (TPSA) is 46.2 Å². The summed E-state index contributed by atoms with van der Waals surface area (Å²) >= 11 is 0. The van der Waals surface area contributed by atoms with Crippen LogP contribution in [0.1, 0.15) is 66.2 Å². The Morgan fingerprint density at radius 2 is 1.65 bits per heavy atom. The number of hydrogen-bond donors (Lipinski definition) is 1. The van der Waals surface area contributed by atoms with Gasteiger partial charge in [-0.25, -0.2) is 0 Å². The zero-order chi connectivity index (χ0) is 14.4. The van der Waals surface area contributed by atoms with Crippen LogP contribution in [-0.2, 0) is 0 Å². The highest BCUT2D eigenvalue weighted by Crippen LogP contribution is 2.25. The molecule has 108 valence electrons. The van der Waals surface area contributed by atoms with Gasteiger partial charge >= 0.3 is 0 Å². The molecule has 0 saturated heterocycles. The Bertz CT molecular complexity index is 458. The summed E-state index contributed by atoms with van der Waals surface area (Å²) in [5, 5.41) is 2.97. The average molecular weight is 273 g/mol. The van der Waals surface area contributed by atoms with Crippen LogP contribution in [0.2, 0.25) is 0 Å². The maximum atomic E-state index is 12.0. The highest BCUT2D eigenvalue weighted by Gasteiger charge is 2.13. The van der Waals surface area contributed by atoms with Gasteiger partial charge in [0.2, 0.25) is 0 Å². The number of hydrogen-bond acceptors (Lipinski definition) is 2. The minimum atomic E-state index is -0.0455. The van der Waals surface area contributed by atoms with Gasteiger partial charge in [-0.1, -0.05) is 44.2 Å². The third-order valence-corrected chi connectivity index (χ3v) is 4.12. The third-order valence-electron chi connectivity index (χ3n) is 4.12. The van der Waals surface area contributed by atoms with E-state index in [9.17, 15) is 9.59 Å². The van der Waals surface area contributed by atoms with Gasteiger partial charge in [0.05, 0.1) is 0 Å². The molecule has 3 heteroatoms. The van der Waals surface area contributed by atoms with Gasteiger partial charge in [-0.3, -0.25) is 9.59 Å². The molecule has 1 fully saturated rings. The molecule has 1 saturated carbocycles. The monoisotopic (exact) mass is 273 g/mol. The van der Waals surface area contributed by atoms with Crippen LogP contribution in [0.3, 0.4) is 0 Å². The van der Waals surface area contributed by atoms with Crippen molar-refractivity contribution in [3.63, 3.8) is 0 Å². The van der Waals surface area contributed by atoms with Crippen LogP contribution in [0, 0.1) is 5.92 Å². The fourth-order valence-electron chi connectivity index (χ4n) is 2.82. The first-order valence-corrected chi connectivity index (χ1v) is 7.56. The summed E-state index contributed by atoms with van der Waals surface area (Å²) in [6, 6.07) is 6.84. The van der Waals surface area contributed by atoms with Crippen LogP contribution < -0.4 is 5.32 Å². The van der Waals surface area contributed by atoms with Gasteiger partial charge in [0.1, 0.15) is 0 Å². The van der Waals surface area contributed by atoms with Gasteiger partial charge in [-0.05, 0) is 31.4 Å². The molecule has 0 heterocycles. The Balaban J connectivity index is 1.77. The second kappa shape index (κ2) is 7.22. The number of rotatable bonds is 5. The Morgan fingerprint density at radius 1 is 1.05 bits per heavy atom. The summed E-state index contributed by atoms with van der Waals surface area (Å²) < 4.78 is 0. The number of ketones is 1. The van der Waals surface area contributed by atoms with Crippen molar-refractivity contribution in [3.05, 3.63) is 35.4 Å². The fourth-order valence-corrected chi connectivity index (χ4v) is 2.82. The smallest absolute Gasteiger partial charge is 0.251 e. The zero-order valence-corrected chi connectivity index (χ0v) is 12.2. The first-order valence-electron chi connectivity index (χ1n) is 7.56. The van der Waals surface area contributed by atoms with E-state index in [1.165, 1.54) is 39.0 Å². The van der Waals surface area contributed by atoms with Crippen molar-refractivity contribution >= 4 is 11.7 Å². The van der Waals surface area contributed by atoms with E-state index in [0.29, 0.717) is 11.1 Å². The Labute approximate surface area is 120 Å². The molecule has 0 atom stereocenters. The maximum Gasteiger partial charge on any atom is 0.251 e. The van der Waals surface area contributed by atoms with E-state index in [4.69, 9.17) is 0 Å². The Kier molecular flexibility index (Phi) is 5.33. The molecular weight excluding hydrogens is 250 g/mol. The molecule has 1 aromatic carbocycles. The number of Topliss-reactive ketones (excluding diaryl/α,β-unsaturated/α-hetero) is 1. The van der Waals surface area contributed by atoms with Gasteiger partial charge < -0.3 is 5.32 Å². The lowest BCUT2D eigenvalue weighted by atomic mass is 9.87. The lowest BCUT2D eigenvalue weighted by Crippen LogP contribution is -2.26. The van der Waals surface area contributed by atoms with E-state index in [1.54, 1.807) is 24.3 Å². The standard InChI is InChI=1S/C17H23NO2/c1-13(19)15-7-9-16(10-8-15)17(20)18-12-11-14-5-3-2-4-6-14/h7-10,14H,2-6,11-12H2,1H3,(H,18,20). The van der Waals surface area contributed by atoms with Crippen molar-refractivity contribution in [1.82, 2.24) is 5.32 Å². The first kappa shape index (κ1) is 14.8. The predicted octanol–water partition coefficient (Wildman–Crippen LogP) is 3.59. The first-order chi connectivity index (χ1) is 9.66. The Morgan fingerprint density at radius 3 is 2.25 bits per heavy atom. The predicted molar refractivity (Wildman–Crippen MR) is 80.0 cm³/mol. The van der Waals surface area contributed by atoms with Gasteiger partial charge in [0, 0.05) is 17.7 Å². The summed E-state index contributed by atoms with van der Waals surface area (Å²) in [5.41, 5.74) is 1.27. The molecule has 1 aliphatic rings. The quantitative estimate of drug-likeness (QED) is 0.833. The molecule has 1 amide bonds. The molecule has 3 nitrogen and oxygen atoms in total. The second-order valence-corrected chi connectivity index (χ2v) is 5.68. The molecule has 20 heavy (non-hydrogen) atoms. The summed E-state index contributed by atoms with van der Waals surface area (Å²) in [6.07, 6.45) is 7.74. The van der Waals surface area contributed by atoms with Crippen molar-refractivity contribution in [3.8, 4) is 0 Å². The van der Waals surface area contributed by atoms with Gasteiger partial charge in [-0.2, -0.15) is 0 Å². The summed E-state index contributed by atoms with van der Waals surface area (Å²) in [7, 11) is 0. The highest BCUT2D eigenvalue weighted by atomic mass is 16.1. The summed E-state index contributed by atoms with van der Waals surface area (Å²) in [6.45, 7) is 2.28. The molecule has 0 bridgehead atoms. The number of carbonyl (C=O) groups is 2. The third kappa shape index (κ3) is 4.19. The van der Waals surface area contributed by atoms with E-state index in [-0.39, 0.29) is 11.7 Å². The van der Waals surface area contributed by atoms with Crippen molar-refractivity contribution in [1.29, 1.82) is 0 Å². The van der Waals surface area contributed by atoms with Crippen molar-refractivity contribution in [2.45, 2.75) is 45.4 Å². The van der Waals surface area contributed by atoms with Crippen molar-refractivity contribution in [2.75, 3.05) is 6.54 Å². The van der Waals surface area contributed by atoms with E-state index in [0.717, 1.165) is 18.9 Å². The molecule has 0 unspecified atom stereocenters. The number of amides is 1. The molecule has 0 radical (unpaired) electrons. The summed E-state index contributed by atoms with van der Waals surface area (Å²) in [4.78, 5) is 23.1. The Hall–Kier alpha value is -1.64. The minimum absolute atomic E-state index is 0.0225. The molecule has 1 aliphatic carbocycles. The van der Waals surface area contributed by atoms with Crippen molar-refractivity contribution < 1.29 is 9.59 Å². The normalized spacial score (nSPS) is 15.8. The van der Waals surface area contributed by atoms with Crippen LogP contribution in [0.5, 0.6) is 0 Å². The SMILES string of the molecule is CC(=O)c1ccc(C(=O)NCCC2CCCCC2)cc1. The summed E-state index contributed by atoms with van der Waals surface area (Å²) in [5.74, 6) is 0.759. The van der Waals surface area contributed by atoms with Crippen molar-refractivity contribution in [2.24, 2.45) is 5.92 Å². The van der Waals surface area contributed by atoms with E-state index in [2.05, 4.69) is 5.32 Å². The molecule has 0 spiro atoms. The highest BCUT2D eigenvalue weighted by molar-refractivity contribution is 5.97.